The van der Waals surface area contributed by atoms with Gasteiger partial charge in [0, 0.05) is 21.1 Å². The number of hydrogen-bond acceptors (Lipinski definition) is 2. The second kappa shape index (κ2) is 4.15. The third-order valence-corrected chi connectivity index (χ3v) is 1.58. The summed E-state index contributed by atoms with van der Waals surface area (Å²) in [5.41, 5.74) is 2.17. The molecule has 1 aromatic rings. The molecule has 1 heterocycles. The van der Waals surface area contributed by atoms with Crippen LogP contribution in [0.3, 0.4) is 0 Å². The van der Waals surface area contributed by atoms with Crippen LogP contribution in [0.5, 0.6) is 0 Å². The number of nitrogens with zero attached hydrogens (tertiary/aromatic N) is 1. The van der Waals surface area contributed by atoms with Crippen LogP contribution in [-0.4, -0.2) is 4.98 Å². The maximum atomic E-state index is 4.10. The van der Waals surface area contributed by atoms with E-state index < -0.39 is 0 Å². The van der Waals surface area contributed by atoms with Crippen LogP contribution in [0.1, 0.15) is 11.1 Å². The summed E-state index contributed by atoms with van der Waals surface area (Å²) in [6.07, 6.45) is 2.81. The molecule has 0 saturated heterocycles. The van der Waals surface area contributed by atoms with Crippen molar-refractivity contribution in [2.24, 2.45) is 0 Å². The summed E-state index contributed by atoms with van der Waals surface area (Å²) < 4.78 is 0. The molecule has 1 aromatic heterocycles. The molecule has 0 bridgehead atoms. The summed E-state index contributed by atoms with van der Waals surface area (Å²) in [6, 6.07) is 2.01. The van der Waals surface area contributed by atoms with E-state index >= 15 is 0 Å². The van der Waals surface area contributed by atoms with Crippen molar-refractivity contribution in [1.82, 2.24) is 4.98 Å². The molecule has 3 heteroatoms. The quantitative estimate of drug-likeness (QED) is 0.568. The Morgan fingerprint density at radius 2 is 2.10 bits per heavy atom. The zero-order chi connectivity index (χ0) is 6.85. The second-order valence-electron chi connectivity index (χ2n) is 2.06. The van der Waals surface area contributed by atoms with Gasteiger partial charge in [0.1, 0.15) is 0 Å². The number of pyridine rings is 1. The van der Waals surface area contributed by atoms with Crippen LogP contribution in [0.4, 0.5) is 0 Å². The molecule has 0 atom stereocenters. The summed E-state index contributed by atoms with van der Waals surface area (Å²) in [4.78, 5) is 3.92. The smallest absolute Gasteiger partial charge is 0 e. The fourth-order valence-corrected chi connectivity index (χ4v) is 0.765. The number of aryl methyl sites for hydroxylation is 2. The summed E-state index contributed by atoms with van der Waals surface area (Å²) in [5.74, 6) is 0. The molecule has 0 aliphatic heterocycles. The molecule has 0 spiro atoms. The molecule has 0 aliphatic carbocycles. The van der Waals surface area contributed by atoms with Crippen molar-refractivity contribution in [2.45, 2.75) is 18.9 Å². The van der Waals surface area contributed by atoms with Gasteiger partial charge in [-0.1, -0.05) is 20.0 Å². The van der Waals surface area contributed by atoms with E-state index in [1.807, 2.05) is 19.9 Å². The van der Waals surface area contributed by atoms with Crippen LogP contribution in [0, 0.1) is 20.0 Å². The number of rotatable bonds is 0. The summed E-state index contributed by atoms with van der Waals surface area (Å²) in [6.45, 7) is 3.95. The van der Waals surface area contributed by atoms with Gasteiger partial charge in [-0.15, -0.1) is 11.1 Å². The molecule has 1 nitrogen and oxygen atoms in total. The molecule has 0 radical (unpaired) electrons. The van der Waals surface area contributed by atoms with E-state index in [9.17, 15) is 0 Å². The predicted molar refractivity (Wildman–Crippen MR) is 39.8 cm³/mol. The average molecular weight is 322 g/mol. The van der Waals surface area contributed by atoms with Crippen LogP contribution >= 0.6 is 12.6 Å². The zero-order valence-electron chi connectivity index (χ0n) is 5.88. The number of aromatic nitrogens is 1. The summed E-state index contributed by atoms with van der Waals surface area (Å²) >= 11 is 4.10. The maximum Gasteiger partial charge on any atom is 0 e. The molecule has 0 N–H and O–H groups in total. The first kappa shape index (κ1) is 10.2. The van der Waals surface area contributed by atoms with Crippen molar-refractivity contribution in [3.05, 3.63) is 23.4 Å². The van der Waals surface area contributed by atoms with Crippen molar-refractivity contribution >= 4 is 12.6 Å². The summed E-state index contributed by atoms with van der Waals surface area (Å²) in [7, 11) is 0. The van der Waals surface area contributed by atoms with Crippen LogP contribution in [0.2, 0.25) is 0 Å². The van der Waals surface area contributed by atoms with Gasteiger partial charge in [0.05, 0.1) is 0 Å². The Morgan fingerprint density at radius 1 is 1.50 bits per heavy atom. The minimum atomic E-state index is 0. The van der Waals surface area contributed by atoms with Gasteiger partial charge in [0.2, 0.25) is 0 Å². The third kappa shape index (κ3) is 2.43. The Labute approximate surface area is 80.9 Å². The van der Waals surface area contributed by atoms with Crippen LogP contribution in [-0.2, 0) is 21.1 Å². The van der Waals surface area contributed by atoms with Gasteiger partial charge in [-0.2, -0.15) is 18.7 Å². The molecule has 0 fully saturated rings. The van der Waals surface area contributed by atoms with E-state index in [-0.39, 0.29) is 21.1 Å². The maximum absolute atomic E-state index is 4.10. The second-order valence-corrected chi connectivity index (χ2v) is 2.48. The first-order chi connectivity index (χ1) is 4.20. The van der Waals surface area contributed by atoms with E-state index in [2.05, 4.69) is 23.8 Å². The van der Waals surface area contributed by atoms with Crippen LogP contribution in [0.25, 0.3) is 0 Å². The Balaban J connectivity index is 0.000000810. The van der Waals surface area contributed by atoms with Gasteiger partial charge in [0.15, 0.2) is 0 Å². The molecule has 0 amide bonds. The zero-order valence-corrected chi connectivity index (χ0v) is 9.71. The molecular formula is C7H8NSW-. The first-order valence-corrected chi connectivity index (χ1v) is 3.20. The van der Waals surface area contributed by atoms with E-state index in [4.69, 9.17) is 0 Å². The van der Waals surface area contributed by atoms with Gasteiger partial charge in [-0.25, -0.2) is 0 Å². The largest absolute Gasteiger partial charge is 0.380 e. The molecule has 0 aromatic carbocycles. The number of hydrogen-bond donors (Lipinski definition) is 1. The van der Waals surface area contributed by atoms with Crippen molar-refractivity contribution < 1.29 is 21.1 Å². The average Bonchev–Trinajstić information content (AvgIpc) is 1.80. The van der Waals surface area contributed by atoms with Gasteiger partial charge in [-0.05, 0) is 5.03 Å². The van der Waals surface area contributed by atoms with Gasteiger partial charge in [-0.3, -0.25) is 0 Å². The standard InChI is InChI=1S/C7H8NS.W/c1-5-3-6(2)7(9)8-4-5;/h3H,1-2H3,(H,8,9);/q-1;. The van der Waals surface area contributed by atoms with Crippen molar-refractivity contribution in [1.29, 1.82) is 0 Å². The Morgan fingerprint density at radius 3 is 2.50 bits per heavy atom. The van der Waals surface area contributed by atoms with Gasteiger partial charge >= 0.3 is 0 Å². The predicted octanol–water partition coefficient (Wildman–Crippen LogP) is 1.78. The SMILES string of the molecule is Cc1[c-]nc(S)c(C)c1.[W]. The van der Waals surface area contributed by atoms with E-state index in [0.717, 1.165) is 16.2 Å². The normalized spacial score (nSPS) is 8.70. The van der Waals surface area contributed by atoms with Gasteiger partial charge < -0.3 is 4.98 Å². The topological polar surface area (TPSA) is 12.9 Å². The number of thiol groups is 1. The molecule has 54 valence electrons. The Kier molecular flexibility index (Phi) is 4.23. The Hall–Kier alpha value is 0.188. The van der Waals surface area contributed by atoms with Crippen molar-refractivity contribution in [3.8, 4) is 0 Å². The van der Waals surface area contributed by atoms with Crippen molar-refractivity contribution in [2.75, 3.05) is 0 Å². The molecule has 10 heavy (non-hydrogen) atoms. The minimum Gasteiger partial charge on any atom is -0.380 e. The van der Waals surface area contributed by atoms with Crippen LogP contribution < -0.4 is 0 Å². The molecule has 0 aliphatic rings. The molecule has 0 saturated carbocycles. The monoisotopic (exact) mass is 322 g/mol. The fourth-order valence-electron chi connectivity index (χ4n) is 0.651. The van der Waals surface area contributed by atoms with E-state index in [1.54, 1.807) is 0 Å². The first-order valence-electron chi connectivity index (χ1n) is 2.75. The third-order valence-electron chi connectivity index (χ3n) is 1.12. The Bertz CT molecular complexity index is 225. The molecule has 1 rings (SSSR count). The molecule has 0 unspecified atom stereocenters. The summed E-state index contributed by atoms with van der Waals surface area (Å²) in [5, 5.41) is 0.764. The van der Waals surface area contributed by atoms with E-state index in [0.29, 0.717) is 0 Å². The van der Waals surface area contributed by atoms with Gasteiger partial charge in [0.25, 0.3) is 0 Å². The van der Waals surface area contributed by atoms with Crippen LogP contribution in [0.15, 0.2) is 11.1 Å². The molecular weight excluding hydrogens is 314 g/mol. The minimum absolute atomic E-state index is 0. The fraction of sp³-hybridized carbons (Fsp3) is 0.286. The van der Waals surface area contributed by atoms with E-state index in [1.165, 1.54) is 0 Å². The van der Waals surface area contributed by atoms with Crippen molar-refractivity contribution in [3.63, 3.8) is 0 Å².